The Labute approximate surface area is 125 Å². The molecule has 1 aromatic heterocycles. The van der Waals surface area contributed by atoms with Crippen LogP contribution in [0.25, 0.3) is 0 Å². The SMILES string of the molecule is CCCNc1nccc(NCCC(=O)N2CCOCC2)n1. The first-order valence-corrected chi connectivity index (χ1v) is 7.46. The van der Waals surface area contributed by atoms with Crippen molar-refractivity contribution in [3.8, 4) is 0 Å². The van der Waals surface area contributed by atoms with Crippen LogP contribution in [0.4, 0.5) is 11.8 Å². The van der Waals surface area contributed by atoms with E-state index in [1.165, 1.54) is 0 Å². The summed E-state index contributed by atoms with van der Waals surface area (Å²) in [5.74, 6) is 1.50. The van der Waals surface area contributed by atoms with Crippen LogP contribution in [-0.2, 0) is 9.53 Å². The fraction of sp³-hybridized carbons (Fsp3) is 0.643. The van der Waals surface area contributed by atoms with Gasteiger partial charge in [-0.1, -0.05) is 6.92 Å². The fourth-order valence-corrected chi connectivity index (χ4v) is 2.05. The Morgan fingerprint density at radius 3 is 2.90 bits per heavy atom. The predicted molar refractivity (Wildman–Crippen MR) is 81.3 cm³/mol. The largest absolute Gasteiger partial charge is 0.378 e. The first-order valence-electron chi connectivity index (χ1n) is 7.46. The number of rotatable bonds is 7. The van der Waals surface area contributed by atoms with Gasteiger partial charge in [-0.3, -0.25) is 4.79 Å². The van der Waals surface area contributed by atoms with Crippen LogP contribution in [0, 0.1) is 0 Å². The van der Waals surface area contributed by atoms with Crippen molar-refractivity contribution in [2.24, 2.45) is 0 Å². The minimum atomic E-state index is 0.157. The van der Waals surface area contributed by atoms with Crippen LogP contribution in [0.3, 0.4) is 0 Å². The Kier molecular flexibility index (Phi) is 6.21. The number of morpholine rings is 1. The maximum Gasteiger partial charge on any atom is 0.224 e. The van der Waals surface area contributed by atoms with Crippen molar-refractivity contribution in [1.82, 2.24) is 14.9 Å². The summed E-state index contributed by atoms with van der Waals surface area (Å²) in [5.41, 5.74) is 0. The van der Waals surface area contributed by atoms with Gasteiger partial charge in [-0.05, 0) is 12.5 Å². The molecule has 2 heterocycles. The van der Waals surface area contributed by atoms with Crippen LogP contribution in [-0.4, -0.2) is 60.2 Å². The van der Waals surface area contributed by atoms with Crippen LogP contribution < -0.4 is 10.6 Å². The average Bonchev–Trinajstić information content (AvgIpc) is 2.54. The number of ether oxygens (including phenoxy) is 1. The van der Waals surface area contributed by atoms with Gasteiger partial charge in [0.25, 0.3) is 0 Å². The molecule has 1 saturated heterocycles. The van der Waals surface area contributed by atoms with E-state index >= 15 is 0 Å². The molecule has 7 nitrogen and oxygen atoms in total. The van der Waals surface area contributed by atoms with Crippen LogP contribution in [0.15, 0.2) is 12.3 Å². The van der Waals surface area contributed by atoms with Gasteiger partial charge in [-0.15, -0.1) is 0 Å². The second kappa shape index (κ2) is 8.41. The molecule has 0 spiro atoms. The second-order valence-electron chi connectivity index (χ2n) is 4.86. The summed E-state index contributed by atoms with van der Waals surface area (Å²) < 4.78 is 5.24. The summed E-state index contributed by atoms with van der Waals surface area (Å²) in [6.07, 6.45) is 3.19. The number of hydrogen-bond donors (Lipinski definition) is 2. The van der Waals surface area contributed by atoms with Crippen molar-refractivity contribution in [3.05, 3.63) is 12.3 Å². The van der Waals surface area contributed by atoms with Gasteiger partial charge >= 0.3 is 0 Å². The van der Waals surface area contributed by atoms with E-state index in [4.69, 9.17) is 4.74 Å². The molecule has 0 aliphatic carbocycles. The van der Waals surface area contributed by atoms with E-state index in [2.05, 4.69) is 27.5 Å². The van der Waals surface area contributed by atoms with Gasteiger partial charge < -0.3 is 20.3 Å². The number of nitrogens with zero attached hydrogens (tertiary/aromatic N) is 3. The molecule has 0 bridgehead atoms. The molecule has 0 atom stereocenters. The lowest BCUT2D eigenvalue weighted by molar-refractivity contribution is -0.134. The zero-order valence-electron chi connectivity index (χ0n) is 12.5. The first kappa shape index (κ1) is 15.5. The lowest BCUT2D eigenvalue weighted by atomic mass is 10.3. The molecule has 1 aromatic rings. The van der Waals surface area contributed by atoms with Crippen molar-refractivity contribution in [2.45, 2.75) is 19.8 Å². The number of hydrogen-bond acceptors (Lipinski definition) is 6. The van der Waals surface area contributed by atoms with E-state index in [-0.39, 0.29) is 5.91 Å². The number of carbonyl (C=O) groups is 1. The van der Waals surface area contributed by atoms with E-state index in [0.717, 1.165) is 18.8 Å². The van der Waals surface area contributed by atoms with Gasteiger partial charge in [-0.2, -0.15) is 4.98 Å². The number of anilines is 2. The number of aromatic nitrogens is 2. The van der Waals surface area contributed by atoms with Gasteiger partial charge in [0.05, 0.1) is 13.2 Å². The quantitative estimate of drug-likeness (QED) is 0.779. The highest BCUT2D eigenvalue weighted by atomic mass is 16.5. The second-order valence-corrected chi connectivity index (χ2v) is 4.86. The molecule has 2 N–H and O–H groups in total. The molecule has 7 heteroatoms. The molecule has 0 unspecified atom stereocenters. The van der Waals surface area contributed by atoms with Crippen LogP contribution >= 0.6 is 0 Å². The fourth-order valence-electron chi connectivity index (χ4n) is 2.05. The van der Waals surface area contributed by atoms with Crippen molar-refractivity contribution < 1.29 is 9.53 Å². The van der Waals surface area contributed by atoms with E-state index in [1.54, 1.807) is 12.3 Å². The summed E-state index contributed by atoms with van der Waals surface area (Å²) in [4.78, 5) is 22.3. The van der Waals surface area contributed by atoms with Crippen molar-refractivity contribution in [1.29, 1.82) is 0 Å². The first-order chi connectivity index (χ1) is 10.3. The predicted octanol–water partition coefficient (Wildman–Crippen LogP) is 0.959. The van der Waals surface area contributed by atoms with E-state index < -0.39 is 0 Å². The molecule has 21 heavy (non-hydrogen) atoms. The molecule has 1 aliphatic heterocycles. The summed E-state index contributed by atoms with van der Waals surface area (Å²) in [7, 11) is 0. The molecule has 1 amide bonds. The van der Waals surface area contributed by atoms with Gasteiger partial charge in [0.2, 0.25) is 11.9 Å². The topological polar surface area (TPSA) is 79.4 Å². The molecule has 0 saturated carbocycles. The number of carbonyl (C=O) groups excluding carboxylic acids is 1. The number of nitrogens with one attached hydrogen (secondary N) is 2. The van der Waals surface area contributed by atoms with Gasteiger partial charge in [0, 0.05) is 38.8 Å². The monoisotopic (exact) mass is 293 g/mol. The zero-order chi connectivity index (χ0) is 14.9. The minimum Gasteiger partial charge on any atom is -0.378 e. The molecular weight excluding hydrogens is 270 g/mol. The molecular formula is C14H23N5O2. The van der Waals surface area contributed by atoms with Crippen molar-refractivity contribution in [3.63, 3.8) is 0 Å². The molecule has 1 fully saturated rings. The highest BCUT2D eigenvalue weighted by molar-refractivity contribution is 5.76. The Morgan fingerprint density at radius 1 is 1.33 bits per heavy atom. The van der Waals surface area contributed by atoms with E-state index in [9.17, 15) is 4.79 Å². The van der Waals surface area contributed by atoms with Crippen LogP contribution in [0.1, 0.15) is 19.8 Å². The maximum absolute atomic E-state index is 12.0. The third-order valence-corrected chi connectivity index (χ3v) is 3.20. The summed E-state index contributed by atoms with van der Waals surface area (Å²) in [6, 6.07) is 1.80. The lowest BCUT2D eigenvalue weighted by Gasteiger charge is -2.26. The highest BCUT2D eigenvalue weighted by Gasteiger charge is 2.15. The molecule has 0 aromatic carbocycles. The van der Waals surface area contributed by atoms with Gasteiger partial charge in [0.15, 0.2) is 0 Å². The van der Waals surface area contributed by atoms with Crippen LogP contribution in [0.5, 0.6) is 0 Å². The molecule has 0 radical (unpaired) electrons. The third kappa shape index (κ3) is 5.18. The lowest BCUT2D eigenvalue weighted by Crippen LogP contribution is -2.41. The van der Waals surface area contributed by atoms with Crippen molar-refractivity contribution in [2.75, 3.05) is 50.0 Å². The van der Waals surface area contributed by atoms with Crippen LogP contribution in [0.2, 0.25) is 0 Å². The van der Waals surface area contributed by atoms with Gasteiger partial charge in [-0.25, -0.2) is 4.98 Å². The summed E-state index contributed by atoms with van der Waals surface area (Å²) >= 11 is 0. The molecule has 1 aliphatic rings. The zero-order valence-corrected chi connectivity index (χ0v) is 12.5. The average molecular weight is 293 g/mol. The Morgan fingerprint density at radius 2 is 2.14 bits per heavy atom. The Bertz CT molecular complexity index is 449. The third-order valence-electron chi connectivity index (χ3n) is 3.20. The summed E-state index contributed by atoms with van der Waals surface area (Å²) in [6.45, 7) is 6.16. The molecule has 116 valence electrons. The maximum atomic E-state index is 12.0. The highest BCUT2D eigenvalue weighted by Crippen LogP contribution is 2.06. The van der Waals surface area contributed by atoms with Gasteiger partial charge in [0.1, 0.15) is 5.82 Å². The number of amides is 1. The van der Waals surface area contributed by atoms with E-state index in [1.807, 2.05) is 4.90 Å². The molecule has 2 rings (SSSR count). The summed E-state index contributed by atoms with van der Waals surface area (Å²) in [5, 5.41) is 6.30. The Balaban J connectivity index is 1.73. The Hall–Kier alpha value is -1.89. The van der Waals surface area contributed by atoms with Crippen molar-refractivity contribution >= 4 is 17.7 Å². The smallest absolute Gasteiger partial charge is 0.224 e. The minimum absolute atomic E-state index is 0.157. The normalized spacial score (nSPS) is 14.8. The van der Waals surface area contributed by atoms with E-state index in [0.29, 0.717) is 45.2 Å². The standard InChI is InChI=1S/C14H23N5O2/c1-2-5-16-14-17-6-3-12(18-14)15-7-4-13(20)19-8-10-21-11-9-19/h3,6H,2,4-5,7-11H2,1H3,(H2,15,16,17,18).